The van der Waals surface area contributed by atoms with Gasteiger partial charge in [0, 0.05) is 30.9 Å². The van der Waals surface area contributed by atoms with Crippen LogP contribution in [0.1, 0.15) is 71.6 Å². The third kappa shape index (κ3) is 2.54. The first-order chi connectivity index (χ1) is 12.0. The van der Waals surface area contributed by atoms with E-state index < -0.39 is 0 Å². The molecule has 6 unspecified atom stereocenters. The molecular weight excluding hydrogens is 308 g/mol. The fourth-order valence-corrected chi connectivity index (χ4v) is 7.43. The highest BCUT2D eigenvalue weighted by Gasteiger charge is 2.59. The third-order valence-electron chi connectivity index (χ3n) is 8.76. The van der Waals surface area contributed by atoms with Crippen LogP contribution in [-0.4, -0.2) is 25.5 Å². The van der Waals surface area contributed by atoms with Gasteiger partial charge >= 0.3 is 0 Å². The SMILES string of the molecule is CN/N=C1\CCC2(C)C(CCC3C4CC/C(=N\NC)C4(C)CCC32)C1. The van der Waals surface area contributed by atoms with Gasteiger partial charge in [0.1, 0.15) is 0 Å². The van der Waals surface area contributed by atoms with Gasteiger partial charge in [-0.05, 0) is 86.9 Å². The summed E-state index contributed by atoms with van der Waals surface area (Å²) >= 11 is 0. The second-order valence-corrected chi connectivity index (χ2v) is 9.54. The summed E-state index contributed by atoms with van der Waals surface area (Å²) in [4.78, 5) is 0. The van der Waals surface area contributed by atoms with Gasteiger partial charge in [-0.2, -0.15) is 10.2 Å². The lowest BCUT2D eigenvalue weighted by molar-refractivity contribution is -0.0815. The van der Waals surface area contributed by atoms with E-state index in [1.54, 1.807) is 0 Å². The van der Waals surface area contributed by atoms with Crippen LogP contribution in [0, 0.1) is 34.5 Å². The van der Waals surface area contributed by atoms with Crippen molar-refractivity contribution in [2.24, 2.45) is 44.7 Å². The minimum Gasteiger partial charge on any atom is -0.313 e. The van der Waals surface area contributed by atoms with E-state index in [9.17, 15) is 0 Å². The number of hydrogen-bond acceptors (Lipinski definition) is 4. The van der Waals surface area contributed by atoms with Crippen LogP contribution in [0.4, 0.5) is 0 Å². The summed E-state index contributed by atoms with van der Waals surface area (Å²) in [5.41, 5.74) is 9.87. The molecule has 0 spiro atoms. The fourth-order valence-electron chi connectivity index (χ4n) is 7.43. The summed E-state index contributed by atoms with van der Waals surface area (Å²) in [6.07, 6.45) is 12.0. The highest BCUT2D eigenvalue weighted by Crippen LogP contribution is 2.65. The maximum atomic E-state index is 4.69. The van der Waals surface area contributed by atoms with Crippen molar-refractivity contribution in [3.63, 3.8) is 0 Å². The predicted molar refractivity (Wildman–Crippen MR) is 105 cm³/mol. The Morgan fingerprint density at radius 3 is 2.44 bits per heavy atom. The van der Waals surface area contributed by atoms with Crippen LogP contribution in [0.15, 0.2) is 10.2 Å². The molecule has 0 aromatic heterocycles. The van der Waals surface area contributed by atoms with Crippen LogP contribution < -0.4 is 10.9 Å². The van der Waals surface area contributed by atoms with E-state index in [-0.39, 0.29) is 0 Å². The molecule has 0 aliphatic heterocycles. The van der Waals surface area contributed by atoms with E-state index in [2.05, 4.69) is 29.8 Å². The van der Waals surface area contributed by atoms with Gasteiger partial charge in [-0.25, -0.2) is 0 Å². The summed E-state index contributed by atoms with van der Waals surface area (Å²) in [7, 11) is 3.89. The van der Waals surface area contributed by atoms with Crippen molar-refractivity contribution in [2.45, 2.75) is 71.6 Å². The van der Waals surface area contributed by atoms with Crippen LogP contribution in [0.5, 0.6) is 0 Å². The van der Waals surface area contributed by atoms with Gasteiger partial charge < -0.3 is 10.9 Å². The first-order valence-corrected chi connectivity index (χ1v) is 10.5. The predicted octanol–water partition coefficient (Wildman–Crippen LogP) is 4.18. The van der Waals surface area contributed by atoms with Crippen LogP contribution in [0.2, 0.25) is 0 Å². The van der Waals surface area contributed by atoms with Crippen molar-refractivity contribution in [1.29, 1.82) is 0 Å². The Balaban J connectivity index is 1.58. The van der Waals surface area contributed by atoms with Crippen molar-refractivity contribution in [3.05, 3.63) is 0 Å². The number of hydrazone groups is 2. The van der Waals surface area contributed by atoms with Crippen molar-refractivity contribution in [2.75, 3.05) is 14.1 Å². The van der Waals surface area contributed by atoms with Crippen molar-refractivity contribution >= 4 is 11.4 Å². The lowest BCUT2D eigenvalue weighted by Gasteiger charge is -2.59. The Bertz CT molecular complexity index is 582. The molecule has 0 aromatic carbocycles. The highest BCUT2D eigenvalue weighted by molar-refractivity contribution is 5.92. The normalized spacial score (nSPS) is 49.4. The molecule has 0 saturated heterocycles. The third-order valence-corrected chi connectivity index (χ3v) is 8.76. The smallest absolute Gasteiger partial charge is 0.0440 e. The monoisotopic (exact) mass is 344 g/mol. The standard InChI is InChI=1S/C21H36N4/c1-20-11-9-15(24-22-3)13-14(20)5-6-16-17-7-8-19(25-23-4)21(17,2)12-10-18(16)20/h14,16-18,22-23H,5-13H2,1-4H3/b24-15+,25-19+. The van der Waals surface area contributed by atoms with Gasteiger partial charge in [-0.3, -0.25) is 0 Å². The molecule has 4 aliphatic rings. The maximum Gasteiger partial charge on any atom is 0.0440 e. The van der Waals surface area contributed by atoms with Crippen LogP contribution in [0.25, 0.3) is 0 Å². The molecule has 4 heteroatoms. The second kappa shape index (κ2) is 6.28. The van der Waals surface area contributed by atoms with Crippen molar-refractivity contribution < 1.29 is 0 Å². The summed E-state index contributed by atoms with van der Waals surface area (Å²) < 4.78 is 0. The molecule has 140 valence electrons. The van der Waals surface area contributed by atoms with Gasteiger partial charge in [0.15, 0.2) is 0 Å². The quantitative estimate of drug-likeness (QED) is 0.738. The molecular formula is C21H36N4. The van der Waals surface area contributed by atoms with E-state index >= 15 is 0 Å². The first-order valence-electron chi connectivity index (χ1n) is 10.5. The molecule has 6 atom stereocenters. The zero-order valence-corrected chi connectivity index (χ0v) is 16.6. The number of rotatable bonds is 2. The molecule has 4 aliphatic carbocycles. The Hall–Kier alpha value is -1.06. The summed E-state index contributed by atoms with van der Waals surface area (Å²) in [5.74, 6) is 3.57. The maximum absolute atomic E-state index is 4.69. The Morgan fingerprint density at radius 2 is 1.68 bits per heavy atom. The molecule has 0 radical (unpaired) electrons. The van der Waals surface area contributed by atoms with Crippen molar-refractivity contribution in [3.8, 4) is 0 Å². The molecule has 25 heavy (non-hydrogen) atoms. The molecule has 4 saturated carbocycles. The minimum absolute atomic E-state index is 0.362. The zero-order chi connectivity index (χ0) is 17.7. The van der Waals surface area contributed by atoms with Gasteiger partial charge in [0.2, 0.25) is 0 Å². The summed E-state index contributed by atoms with van der Waals surface area (Å²) in [5, 5.41) is 9.24. The van der Waals surface area contributed by atoms with E-state index in [0.717, 1.165) is 23.7 Å². The molecule has 0 amide bonds. The molecule has 0 aromatic rings. The number of hydrogen-bond donors (Lipinski definition) is 2. The Morgan fingerprint density at radius 1 is 0.880 bits per heavy atom. The highest BCUT2D eigenvalue weighted by atomic mass is 15.3. The van der Waals surface area contributed by atoms with E-state index in [4.69, 9.17) is 5.10 Å². The lowest BCUT2D eigenvalue weighted by Crippen LogP contribution is -2.53. The minimum atomic E-state index is 0.362. The Kier molecular flexibility index (Phi) is 4.36. The average molecular weight is 345 g/mol. The second-order valence-electron chi connectivity index (χ2n) is 9.54. The summed E-state index contributed by atoms with van der Waals surface area (Å²) in [6.45, 7) is 5.15. The van der Waals surface area contributed by atoms with Crippen LogP contribution in [0.3, 0.4) is 0 Å². The van der Waals surface area contributed by atoms with E-state index in [1.807, 2.05) is 14.1 Å². The molecule has 0 heterocycles. The molecule has 0 bridgehead atoms. The van der Waals surface area contributed by atoms with Crippen LogP contribution >= 0.6 is 0 Å². The van der Waals surface area contributed by atoms with Gasteiger partial charge in [-0.1, -0.05) is 13.8 Å². The molecule has 4 nitrogen and oxygen atoms in total. The number of nitrogens with one attached hydrogen (secondary N) is 2. The van der Waals surface area contributed by atoms with Gasteiger partial charge in [-0.15, -0.1) is 0 Å². The number of fused-ring (bicyclic) bond motifs is 5. The van der Waals surface area contributed by atoms with Crippen LogP contribution in [-0.2, 0) is 0 Å². The fraction of sp³-hybridized carbons (Fsp3) is 0.905. The van der Waals surface area contributed by atoms with Gasteiger partial charge in [0.25, 0.3) is 0 Å². The Labute approximate surface area is 153 Å². The average Bonchev–Trinajstić information content (AvgIpc) is 2.93. The topological polar surface area (TPSA) is 48.8 Å². The zero-order valence-electron chi connectivity index (χ0n) is 16.6. The van der Waals surface area contributed by atoms with E-state index in [1.165, 1.54) is 69.2 Å². The largest absolute Gasteiger partial charge is 0.313 e. The van der Waals surface area contributed by atoms with Gasteiger partial charge in [0.05, 0.1) is 0 Å². The first kappa shape index (κ1) is 17.4. The molecule has 4 fully saturated rings. The molecule has 4 rings (SSSR count). The van der Waals surface area contributed by atoms with Crippen molar-refractivity contribution in [1.82, 2.24) is 10.9 Å². The van der Waals surface area contributed by atoms with E-state index in [0.29, 0.717) is 10.8 Å². The molecule has 2 N–H and O–H groups in total. The lowest BCUT2D eigenvalue weighted by atomic mass is 9.45. The summed E-state index contributed by atoms with van der Waals surface area (Å²) in [6, 6.07) is 0. The number of nitrogens with zero attached hydrogens (tertiary/aromatic N) is 2.